The predicted molar refractivity (Wildman–Crippen MR) is 71.5 cm³/mol. The van der Waals surface area contributed by atoms with Crippen molar-refractivity contribution < 1.29 is 9.53 Å². The summed E-state index contributed by atoms with van der Waals surface area (Å²) >= 11 is 3.31. The molecule has 5 nitrogen and oxygen atoms in total. The summed E-state index contributed by atoms with van der Waals surface area (Å²) in [5.74, 6) is 0.629. The number of nitrogens with zero attached hydrogens (tertiary/aromatic N) is 2. The molecule has 0 saturated carbocycles. The third-order valence-corrected chi connectivity index (χ3v) is 3.17. The zero-order valence-corrected chi connectivity index (χ0v) is 11.6. The average Bonchev–Trinajstić information content (AvgIpc) is 2.65. The number of carbonyl (C=O) groups is 1. The van der Waals surface area contributed by atoms with E-state index in [1.54, 1.807) is 18.5 Å². The highest BCUT2D eigenvalue weighted by atomic mass is 79.9. The van der Waals surface area contributed by atoms with Crippen LogP contribution in [0.3, 0.4) is 0 Å². The Labute approximate surface area is 115 Å². The zero-order valence-electron chi connectivity index (χ0n) is 10.1. The van der Waals surface area contributed by atoms with Gasteiger partial charge in [0.2, 0.25) is 0 Å². The molecule has 1 fully saturated rings. The van der Waals surface area contributed by atoms with Crippen LogP contribution in [0.1, 0.15) is 6.42 Å². The van der Waals surface area contributed by atoms with E-state index in [9.17, 15) is 4.79 Å². The number of pyridine rings is 1. The van der Waals surface area contributed by atoms with Gasteiger partial charge in [-0.3, -0.25) is 9.78 Å². The zero-order chi connectivity index (χ0) is 12.8. The first-order chi connectivity index (χ1) is 8.75. The molecule has 2 rings (SSSR count). The molecule has 2 heterocycles. The van der Waals surface area contributed by atoms with E-state index >= 15 is 0 Å². The molecule has 0 radical (unpaired) electrons. The first-order valence-electron chi connectivity index (χ1n) is 5.97. The lowest BCUT2D eigenvalue weighted by atomic mass is 10.4. The van der Waals surface area contributed by atoms with Crippen molar-refractivity contribution in [2.75, 3.05) is 32.8 Å². The minimum atomic E-state index is 0.0266. The van der Waals surface area contributed by atoms with Gasteiger partial charge >= 0.3 is 0 Å². The number of aromatic nitrogens is 1. The van der Waals surface area contributed by atoms with Crippen LogP contribution in [0.25, 0.3) is 0 Å². The molecule has 98 valence electrons. The predicted octanol–water partition coefficient (Wildman–Crippen LogP) is 1.04. The number of rotatable bonds is 3. The molecule has 18 heavy (non-hydrogen) atoms. The van der Waals surface area contributed by atoms with Gasteiger partial charge in [0, 0.05) is 30.3 Å². The molecule has 0 atom stereocenters. The van der Waals surface area contributed by atoms with E-state index in [0.29, 0.717) is 5.75 Å². The molecule has 1 N–H and O–H groups in total. The molecule has 6 heteroatoms. The van der Waals surface area contributed by atoms with Crippen molar-refractivity contribution in [1.82, 2.24) is 15.2 Å². The van der Waals surface area contributed by atoms with E-state index in [1.165, 1.54) is 0 Å². The van der Waals surface area contributed by atoms with E-state index in [0.717, 1.165) is 37.1 Å². The van der Waals surface area contributed by atoms with Crippen molar-refractivity contribution in [2.24, 2.45) is 0 Å². The van der Waals surface area contributed by atoms with E-state index in [2.05, 4.69) is 26.2 Å². The van der Waals surface area contributed by atoms with Gasteiger partial charge in [-0.15, -0.1) is 0 Å². The summed E-state index contributed by atoms with van der Waals surface area (Å²) in [4.78, 5) is 17.8. The second-order valence-corrected chi connectivity index (χ2v) is 5.03. The summed E-state index contributed by atoms with van der Waals surface area (Å²) in [5, 5.41) is 3.26. The molecule has 0 aliphatic carbocycles. The monoisotopic (exact) mass is 313 g/mol. The molecule has 1 aromatic heterocycles. The SMILES string of the molecule is O=C(COc1cncc(Br)c1)N1CCCNCC1. The minimum Gasteiger partial charge on any atom is -0.482 e. The van der Waals surface area contributed by atoms with Crippen LogP contribution in [-0.2, 0) is 4.79 Å². The maximum Gasteiger partial charge on any atom is 0.260 e. The average molecular weight is 314 g/mol. The Hall–Kier alpha value is -1.14. The molecule has 0 spiro atoms. The van der Waals surface area contributed by atoms with E-state index in [-0.39, 0.29) is 12.5 Å². The van der Waals surface area contributed by atoms with Gasteiger partial charge in [0.05, 0.1) is 6.20 Å². The molecule has 1 aliphatic heterocycles. The highest BCUT2D eigenvalue weighted by Crippen LogP contribution is 2.15. The third kappa shape index (κ3) is 3.96. The van der Waals surface area contributed by atoms with Crippen LogP contribution >= 0.6 is 15.9 Å². The smallest absolute Gasteiger partial charge is 0.260 e. The van der Waals surface area contributed by atoms with E-state index < -0.39 is 0 Å². The van der Waals surface area contributed by atoms with Gasteiger partial charge in [0.25, 0.3) is 5.91 Å². The summed E-state index contributed by atoms with van der Waals surface area (Å²) in [6.45, 7) is 3.44. The van der Waals surface area contributed by atoms with Crippen molar-refractivity contribution in [2.45, 2.75) is 6.42 Å². The van der Waals surface area contributed by atoms with E-state index in [4.69, 9.17) is 4.74 Å². The number of nitrogens with one attached hydrogen (secondary N) is 1. The summed E-state index contributed by atoms with van der Waals surface area (Å²) in [6.07, 6.45) is 4.27. The number of hydrogen-bond donors (Lipinski definition) is 1. The number of carbonyl (C=O) groups excluding carboxylic acids is 1. The molecule has 0 bridgehead atoms. The lowest BCUT2D eigenvalue weighted by Crippen LogP contribution is -2.37. The van der Waals surface area contributed by atoms with E-state index in [1.807, 2.05) is 4.90 Å². The van der Waals surface area contributed by atoms with Gasteiger partial charge < -0.3 is 15.0 Å². The lowest BCUT2D eigenvalue weighted by Gasteiger charge is -2.19. The van der Waals surface area contributed by atoms with Crippen LogP contribution in [0.2, 0.25) is 0 Å². The fraction of sp³-hybridized carbons (Fsp3) is 0.500. The van der Waals surface area contributed by atoms with Crippen LogP contribution in [0.15, 0.2) is 22.9 Å². The highest BCUT2D eigenvalue weighted by Gasteiger charge is 2.15. The quantitative estimate of drug-likeness (QED) is 0.906. The maximum absolute atomic E-state index is 12.0. The van der Waals surface area contributed by atoms with Gasteiger partial charge in [0.15, 0.2) is 6.61 Å². The normalized spacial score (nSPS) is 16.2. The Balaban J connectivity index is 1.83. The number of halogens is 1. The molecule has 1 aromatic rings. The fourth-order valence-electron chi connectivity index (χ4n) is 1.80. The molecule has 1 saturated heterocycles. The number of ether oxygens (including phenoxy) is 1. The lowest BCUT2D eigenvalue weighted by molar-refractivity contribution is -0.133. The largest absolute Gasteiger partial charge is 0.482 e. The molecular weight excluding hydrogens is 298 g/mol. The van der Waals surface area contributed by atoms with Crippen LogP contribution < -0.4 is 10.1 Å². The minimum absolute atomic E-state index is 0.0266. The first-order valence-corrected chi connectivity index (χ1v) is 6.77. The summed E-state index contributed by atoms with van der Waals surface area (Å²) in [6, 6.07) is 1.80. The molecular formula is C12H16BrN3O2. The standard InChI is InChI=1S/C12H16BrN3O2/c13-10-6-11(8-15-7-10)18-9-12(17)16-4-1-2-14-3-5-16/h6-8,14H,1-5,9H2. The number of amides is 1. The van der Waals surface area contributed by atoms with Crippen molar-refractivity contribution in [3.8, 4) is 5.75 Å². The highest BCUT2D eigenvalue weighted by molar-refractivity contribution is 9.10. The van der Waals surface area contributed by atoms with Crippen LogP contribution in [-0.4, -0.2) is 48.6 Å². The van der Waals surface area contributed by atoms with Crippen LogP contribution in [0.5, 0.6) is 5.75 Å². The third-order valence-electron chi connectivity index (χ3n) is 2.73. The van der Waals surface area contributed by atoms with Crippen LogP contribution in [0.4, 0.5) is 0 Å². The molecule has 1 amide bonds. The van der Waals surface area contributed by atoms with Gasteiger partial charge in [-0.2, -0.15) is 0 Å². The van der Waals surface area contributed by atoms with Crippen molar-refractivity contribution in [3.05, 3.63) is 22.9 Å². The molecule has 1 aliphatic rings. The Morgan fingerprint density at radius 1 is 1.44 bits per heavy atom. The van der Waals surface area contributed by atoms with Gasteiger partial charge in [-0.1, -0.05) is 0 Å². The Kier molecular flexibility index (Phi) is 4.95. The maximum atomic E-state index is 12.0. The van der Waals surface area contributed by atoms with Crippen molar-refractivity contribution >= 4 is 21.8 Å². The Morgan fingerprint density at radius 3 is 3.17 bits per heavy atom. The second-order valence-electron chi connectivity index (χ2n) is 4.11. The van der Waals surface area contributed by atoms with Crippen LogP contribution in [0, 0.1) is 0 Å². The molecule has 0 aromatic carbocycles. The van der Waals surface area contributed by atoms with Crippen molar-refractivity contribution in [3.63, 3.8) is 0 Å². The first kappa shape index (κ1) is 13.3. The van der Waals surface area contributed by atoms with Crippen molar-refractivity contribution in [1.29, 1.82) is 0 Å². The molecule has 0 unspecified atom stereocenters. The topological polar surface area (TPSA) is 54.5 Å². The summed E-state index contributed by atoms with van der Waals surface area (Å²) < 4.78 is 6.28. The summed E-state index contributed by atoms with van der Waals surface area (Å²) in [7, 11) is 0. The van der Waals surface area contributed by atoms with Gasteiger partial charge in [0.1, 0.15) is 5.75 Å². The Morgan fingerprint density at radius 2 is 2.33 bits per heavy atom. The van der Waals surface area contributed by atoms with Gasteiger partial charge in [-0.25, -0.2) is 0 Å². The fourth-order valence-corrected chi connectivity index (χ4v) is 2.15. The van der Waals surface area contributed by atoms with Gasteiger partial charge in [-0.05, 0) is 35.0 Å². The second kappa shape index (κ2) is 6.70. The summed E-state index contributed by atoms with van der Waals surface area (Å²) in [5.41, 5.74) is 0. The number of hydrogen-bond acceptors (Lipinski definition) is 4. The Bertz CT molecular complexity index is 406.